The van der Waals surface area contributed by atoms with Gasteiger partial charge in [0.2, 0.25) is 0 Å². The van der Waals surface area contributed by atoms with Crippen LogP contribution in [0.2, 0.25) is 0 Å². The fraction of sp³-hybridized carbons (Fsp3) is 0.500. The molecule has 0 radical (unpaired) electrons. The molecule has 1 aromatic carbocycles. The molecular formula is C14H20O2. The number of carbonyl (C=O) groups is 1. The second-order valence-corrected chi connectivity index (χ2v) is 5.21. The molecule has 0 atom stereocenters. The maximum absolute atomic E-state index is 11.3. The molecule has 0 aliphatic heterocycles. The highest BCUT2D eigenvalue weighted by atomic mass is 16.5. The molecule has 88 valence electrons. The summed E-state index contributed by atoms with van der Waals surface area (Å²) in [5, 5.41) is 0. The average molecular weight is 220 g/mol. The van der Waals surface area contributed by atoms with Crippen LogP contribution < -0.4 is 4.74 Å². The van der Waals surface area contributed by atoms with Crippen molar-refractivity contribution in [3.63, 3.8) is 0 Å². The molecule has 0 unspecified atom stereocenters. The van der Waals surface area contributed by atoms with E-state index in [1.54, 1.807) is 13.0 Å². The maximum Gasteiger partial charge on any atom is 0.163 e. The molecule has 0 N–H and O–H groups in total. The van der Waals surface area contributed by atoms with Crippen molar-refractivity contribution in [3.05, 3.63) is 29.8 Å². The largest absolute Gasteiger partial charge is 0.493 e. The molecule has 0 spiro atoms. The van der Waals surface area contributed by atoms with E-state index in [0.29, 0.717) is 17.9 Å². The third-order valence-electron chi connectivity index (χ3n) is 2.38. The van der Waals surface area contributed by atoms with E-state index < -0.39 is 0 Å². The van der Waals surface area contributed by atoms with Gasteiger partial charge in [-0.2, -0.15) is 0 Å². The Morgan fingerprint density at radius 3 is 2.44 bits per heavy atom. The minimum Gasteiger partial charge on any atom is -0.493 e. The highest BCUT2D eigenvalue weighted by molar-refractivity contribution is 5.96. The number of ketones is 1. The van der Waals surface area contributed by atoms with Gasteiger partial charge in [0.05, 0.1) is 12.2 Å². The van der Waals surface area contributed by atoms with Crippen LogP contribution in [0.25, 0.3) is 0 Å². The van der Waals surface area contributed by atoms with Gasteiger partial charge in [-0.05, 0) is 30.9 Å². The Hall–Kier alpha value is -1.31. The van der Waals surface area contributed by atoms with E-state index in [4.69, 9.17) is 4.74 Å². The van der Waals surface area contributed by atoms with E-state index in [1.165, 1.54) is 0 Å². The lowest BCUT2D eigenvalue weighted by Gasteiger charge is -2.18. The van der Waals surface area contributed by atoms with Gasteiger partial charge in [-0.3, -0.25) is 4.79 Å². The fourth-order valence-corrected chi connectivity index (χ4v) is 1.35. The zero-order valence-corrected chi connectivity index (χ0v) is 10.5. The molecule has 2 heteroatoms. The number of carbonyl (C=O) groups excluding carboxylic acids is 1. The summed E-state index contributed by atoms with van der Waals surface area (Å²) in [6, 6.07) is 7.39. The predicted molar refractivity (Wildman–Crippen MR) is 66.0 cm³/mol. The molecule has 1 aromatic rings. The van der Waals surface area contributed by atoms with Crippen LogP contribution in [0.15, 0.2) is 24.3 Å². The number of hydrogen-bond donors (Lipinski definition) is 0. The minimum absolute atomic E-state index is 0.0476. The SMILES string of the molecule is CC(=O)c1ccccc1OCCC(C)(C)C. The molecule has 0 aliphatic carbocycles. The van der Waals surface area contributed by atoms with Crippen molar-refractivity contribution >= 4 is 5.78 Å². The predicted octanol–water partition coefficient (Wildman–Crippen LogP) is 3.70. The molecule has 16 heavy (non-hydrogen) atoms. The first kappa shape index (κ1) is 12.8. The lowest BCUT2D eigenvalue weighted by atomic mass is 9.93. The fourth-order valence-electron chi connectivity index (χ4n) is 1.35. The summed E-state index contributed by atoms with van der Waals surface area (Å²) in [4.78, 5) is 11.3. The molecule has 0 bridgehead atoms. The topological polar surface area (TPSA) is 26.3 Å². The van der Waals surface area contributed by atoms with Crippen LogP contribution in [0.3, 0.4) is 0 Å². The van der Waals surface area contributed by atoms with Gasteiger partial charge in [0.15, 0.2) is 5.78 Å². The van der Waals surface area contributed by atoms with Gasteiger partial charge in [-0.15, -0.1) is 0 Å². The summed E-state index contributed by atoms with van der Waals surface area (Å²) in [7, 11) is 0. The molecule has 0 amide bonds. The normalized spacial score (nSPS) is 11.2. The van der Waals surface area contributed by atoms with Gasteiger partial charge in [0.1, 0.15) is 5.75 Å². The number of ether oxygens (including phenoxy) is 1. The van der Waals surface area contributed by atoms with Gasteiger partial charge in [-0.25, -0.2) is 0 Å². The summed E-state index contributed by atoms with van der Waals surface area (Å²) >= 11 is 0. The Morgan fingerprint density at radius 2 is 1.88 bits per heavy atom. The maximum atomic E-state index is 11.3. The lowest BCUT2D eigenvalue weighted by Crippen LogP contribution is -2.12. The molecule has 1 rings (SSSR count). The van der Waals surface area contributed by atoms with Gasteiger partial charge in [0, 0.05) is 0 Å². The van der Waals surface area contributed by atoms with Crippen LogP contribution >= 0.6 is 0 Å². The van der Waals surface area contributed by atoms with Gasteiger partial charge in [0.25, 0.3) is 0 Å². The van der Waals surface area contributed by atoms with E-state index in [2.05, 4.69) is 20.8 Å². The average Bonchev–Trinajstić information content (AvgIpc) is 2.16. The number of rotatable bonds is 4. The van der Waals surface area contributed by atoms with E-state index in [0.717, 1.165) is 6.42 Å². The second-order valence-electron chi connectivity index (χ2n) is 5.21. The Morgan fingerprint density at radius 1 is 1.25 bits per heavy atom. The lowest BCUT2D eigenvalue weighted by molar-refractivity contribution is 0.101. The van der Waals surface area contributed by atoms with Gasteiger partial charge < -0.3 is 4.74 Å². The van der Waals surface area contributed by atoms with Crippen LogP contribution in [0.1, 0.15) is 44.5 Å². The van der Waals surface area contributed by atoms with Crippen LogP contribution in [0.5, 0.6) is 5.75 Å². The smallest absolute Gasteiger partial charge is 0.163 e. The molecule has 0 fully saturated rings. The van der Waals surface area contributed by atoms with Crippen LogP contribution in [0.4, 0.5) is 0 Å². The van der Waals surface area contributed by atoms with E-state index >= 15 is 0 Å². The molecule has 0 heterocycles. The molecule has 0 saturated heterocycles. The molecule has 0 aromatic heterocycles. The summed E-state index contributed by atoms with van der Waals surface area (Å²) in [6.07, 6.45) is 0.971. The summed E-state index contributed by atoms with van der Waals surface area (Å²) in [6.45, 7) is 8.73. The standard InChI is InChI=1S/C14H20O2/c1-11(15)12-7-5-6-8-13(12)16-10-9-14(2,3)4/h5-8H,9-10H2,1-4H3. The van der Waals surface area contributed by atoms with Crippen LogP contribution in [-0.4, -0.2) is 12.4 Å². The Labute approximate surface area is 97.6 Å². The first-order chi connectivity index (χ1) is 7.40. The molecule has 0 aliphatic rings. The number of hydrogen-bond acceptors (Lipinski definition) is 2. The van der Waals surface area contributed by atoms with Crippen molar-refractivity contribution in [2.24, 2.45) is 5.41 Å². The quantitative estimate of drug-likeness (QED) is 0.723. The van der Waals surface area contributed by atoms with Crippen molar-refractivity contribution in [1.29, 1.82) is 0 Å². The van der Waals surface area contributed by atoms with Crippen molar-refractivity contribution in [1.82, 2.24) is 0 Å². The zero-order valence-electron chi connectivity index (χ0n) is 10.5. The van der Waals surface area contributed by atoms with Crippen LogP contribution in [-0.2, 0) is 0 Å². The number of benzene rings is 1. The van der Waals surface area contributed by atoms with E-state index in [-0.39, 0.29) is 11.2 Å². The molecule has 2 nitrogen and oxygen atoms in total. The Bertz CT molecular complexity index is 361. The number of Topliss-reactive ketones (excluding diaryl/α,β-unsaturated/α-hetero) is 1. The first-order valence-corrected chi connectivity index (χ1v) is 5.63. The van der Waals surface area contributed by atoms with E-state index in [9.17, 15) is 4.79 Å². The van der Waals surface area contributed by atoms with Gasteiger partial charge in [-0.1, -0.05) is 32.9 Å². The third-order valence-corrected chi connectivity index (χ3v) is 2.38. The molecule has 0 saturated carbocycles. The minimum atomic E-state index is 0.0476. The van der Waals surface area contributed by atoms with Crippen molar-refractivity contribution in [2.45, 2.75) is 34.1 Å². The van der Waals surface area contributed by atoms with Crippen molar-refractivity contribution in [2.75, 3.05) is 6.61 Å². The van der Waals surface area contributed by atoms with Gasteiger partial charge >= 0.3 is 0 Å². The first-order valence-electron chi connectivity index (χ1n) is 5.63. The summed E-state index contributed by atoms with van der Waals surface area (Å²) < 4.78 is 5.65. The summed E-state index contributed by atoms with van der Waals surface area (Å²) in [5.41, 5.74) is 0.918. The Kier molecular flexibility index (Phi) is 4.11. The van der Waals surface area contributed by atoms with Crippen LogP contribution in [0, 0.1) is 5.41 Å². The highest BCUT2D eigenvalue weighted by Crippen LogP contribution is 2.22. The summed E-state index contributed by atoms with van der Waals surface area (Å²) in [5.74, 6) is 0.741. The van der Waals surface area contributed by atoms with E-state index in [1.807, 2.05) is 18.2 Å². The monoisotopic (exact) mass is 220 g/mol. The van der Waals surface area contributed by atoms with Crippen molar-refractivity contribution in [3.8, 4) is 5.75 Å². The zero-order chi connectivity index (χ0) is 12.2. The third kappa shape index (κ3) is 4.05. The van der Waals surface area contributed by atoms with Crippen molar-refractivity contribution < 1.29 is 9.53 Å². The highest BCUT2D eigenvalue weighted by Gasteiger charge is 2.11. The Balaban J connectivity index is 2.64. The number of para-hydroxylation sites is 1. The molecular weight excluding hydrogens is 200 g/mol. The second kappa shape index (κ2) is 5.15.